The van der Waals surface area contributed by atoms with Gasteiger partial charge in [0.1, 0.15) is 17.4 Å². The van der Waals surface area contributed by atoms with Gasteiger partial charge in [0, 0.05) is 23.2 Å². The van der Waals surface area contributed by atoms with Gasteiger partial charge in [0.2, 0.25) is 0 Å². The van der Waals surface area contributed by atoms with E-state index in [9.17, 15) is 4.79 Å². The van der Waals surface area contributed by atoms with E-state index < -0.39 is 0 Å². The van der Waals surface area contributed by atoms with Gasteiger partial charge >= 0.3 is 0 Å². The van der Waals surface area contributed by atoms with Crippen LogP contribution >= 0.6 is 11.3 Å². The molecule has 5 aromatic rings. The summed E-state index contributed by atoms with van der Waals surface area (Å²) in [6.45, 7) is 0.967. The number of carbonyl (C=O) groups excluding carboxylic acids is 1. The standard InChI is InChI=1S/C34H30N2O2S/c37-33(35-21-24-11-3-1-4-12-24)32-28-17-9-10-18-31(28)39-34(32)36-22-29-27-16-8-7-15-26(27)19-20-30(29)38-23-25-13-5-2-6-14-25/h1-8,11-16,19-20,22H,9-10,17-18,21,23H2,(H,35,37)/b36-22+. The zero-order chi connectivity index (χ0) is 26.4. The molecular formula is C34H30N2O2S. The van der Waals surface area contributed by atoms with Crippen molar-refractivity contribution in [1.29, 1.82) is 0 Å². The molecule has 39 heavy (non-hydrogen) atoms. The summed E-state index contributed by atoms with van der Waals surface area (Å²) >= 11 is 1.65. The summed E-state index contributed by atoms with van der Waals surface area (Å²) in [7, 11) is 0. The van der Waals surface area contributed by atoms with Crippen molar-refractivity contribution >= 4 is 39.2 Å². The number of amides is 1. The van der Waals surface area contributed by atoms with E-state index in [1.807, 2.05) is 72.9 Å². The second kappa shape index (κ2) is 11.7. The number of aliphatic imine (C=N–C) groups is 1. The predicted molar refractivity (Wildman–Crippen MR) is 161 cm³/mol. The Morgan fingerprint density at radius 1 is 0.846 bits per heavy atom. The van der Waals surface area contributed by atoms with E-state index in [-0.39, 0.29) is 5.91 Å². The van der Waals surface area contributed by atoms with Gasteiger partial charge in [-0.3, -0.25) is 4.79 Å². The smallest absolute Gasteiger partial charge is 0.254 e. The van der Waals surface area contributed by atoms with Gasteiger partial charge in [-0.15, -0.1) is 11.3 Å². The predicted octanol–water partition coefficient (Wildman–Crippen LogP) is 8.04. The molecule has 0 saturated carbocycles. The van der Waals surface area contributed by atoms with Crippen molar-refractivity contribution in [2.75, 3.05) is 0 Å². The molecular weight excluding hydrogens is 500 g/mol. The second-order valence-electron chi connectivity index (χ2n) is 9.79. The molecule has 1 amide bonds. The lowest BCUT2D eigenvalue weighted by Gasteiger charge is -2.13. The number of thiophene rings is 1. The van der Waals surface area contributed by atoms with Crippen LogP contribution < -0.4 is 10.1 Å². The van der Waals surface area contributed by atoms with E-state index in [1.54, 1.807) is 11.3 Å². The maximum atomic E-state index is 13.5. The highest BCUT2D eigenvalue weighted by Gasteiger charge is 2.25. The van der Waals surface area contributed by atoms with Crippen molar-refractivity contribution in [2.45, 2.75) is 38.8 Å². The first kappa shape index (κ1) is 25.1. The molecule has 4 aromatic carbocycles. The molecule has 1 aliphatic rings. The van der Waals surface area contributed by atoms with Crippen LogP contribution in [0.4, 0.5) is 5.00 Å². The molecule has 194 valence electrons. The molecule has 0 unspecified atom stereocenters. The van der Waals surface area contributed by atoms with Crippen LogP contribution in [0, 0.1) is 0 Å². The molecule has 5 heteroatoms. The topological polar surface area (TPSA) is 50.7 Å². The van der Waals surface area contributed by atoms with Crippen LogP contribution in [0.15, 0.2) is 102 Å². The Bertz CT molecular complexity index is 1620. The van der Waals surface area contributed by atoms with Crippen molar-refractivity contribution in [3.63, 3.8) is 0 Å². The minimum absolute atomic E-state index is 0.0520. The third-order valence-corrected chi connectivity index (χ3v) is 8.35. The van der Waals surface area contributed by atoms with Crippen LogP contribution in [0.25, 0.3) is 10.8 Å². The Labute approximate surface area is 233 Å². The molecule has 1 aliphatic carbocycles. The first-order valence-electron chi connectivity index (χ1n) is 13.5. The minimum atomic E-state index is -0.0520. The molecule has 0 fully saturated rings. The summed E-state index contributed by atoms with van der Waals surface area (Å²) in [5, 5.41) is 6.11. The quantitative estimate of drug-likeness (QED) is 0.206. The molecule has 1 N–H and O–H groups in total. The average molecular weight is 531 g/mol. The summed E-state index contributed by atoms with van der Waals surface area (Å²) in [4.78, 5) is 19.8. The number of benzene rings is 4. The first-order chi connectivity index (χ1) is 19.3. The lowest BCUT2D eigenvalue weighted by atomic mass is 9.95. The van der Waals surface area contributed by atoms with Crippen LogP contribution in [-0.4, -0.2) is 12.1 Å². The molecule has 1 heterocycles. The van der Waals surface area contributed by atoms with E-state index >= 15 is 0 Å². The lowest BCUT2D eigenvalue weighted by Crippen LogP contribution is -2.24. The number of nitrogens with zero attached hydrogens (tertiary/aromatic N) is 1. The van der Waals surface area contributed by atoms with Gasteiger partial charge in [-0.2, -0.15) is 0 Å². The largest absolute Gasteiger partial charge is 0.488 e. The van der Waals surface area contributed by atoms with Crippen LogP contribution in [0.1, 0.15) is 50.3 Å². The lowest BCUT2D eigenvalue weighted by molar-refractivity contribution is 0.0951. The van der Waals surface area contributed by atoms with Crippen LogP contribution in [0.3, 0.4) is 0 Å². The highest BCUT2D eigenvalue weighted by Crippen LogP contribution is 2.40. The summed E-state index contributed by atoms with van der Waals surface area (Å²) in [5.74, 6) is 0.724. The van der Waals surface area contributed by atoms with Crippen molar-refractivity contribution in [3.05, 3.63) is 130 Å². The van der Waals surface area contributed by atoms with Crippen molar-refractivity contribution in [2.24, 2.45) is 4.99 Å². The fourth-order valence-corrected chi connectivity index (χ4v) is 6.37. The molecule has 0 bridgehead atoms. The Morgan fingerprint density at radius 3 is 2.38 bits per heavy atom. The van der Waals surface area contributed by atoms with Gasteiger partial charge in [0.05, 0.1) is 5.56 Å². The Kier molecular flexibility index (Phi) is 7.50. The molecule has 0 aliphatic heterocycles. The number of hydrogen-bond acceptors (Lipinski definition) is 4. The Hall–Kier alpha value is -4.22. The van der Waals surface area contributed by atoms with E-state index in [4.69, 9.17) is 9.73 Å². The molecule has 4 nitrogen and oxygen atoms in total. The zero-order valence-corrected chi connectivity index (χ0v) is 22.5. The van der Waals surface area contributed by atoms with Crippen LogP contribution in [-0.2, 0) is 26.0 Å². The first-order valence-corrected chi connectivity index (χ1v) is 14.3. The number of fused-ring (bicyclic) bond motifs is 2. The SMILES string of the molecule is O=C(NCc1ccccc1)c1c(/N=C/c2c(OCc3ccccc3)ccc3ccccc23)sc2c1CCCC2. The number of aryl methyl sites for hydroxylation is 1. The number of nitrogens with one attached hydrogen (secondary N) is 1. The van der Waals surface area contributed by atoms with Gasteiger partial charge in [0.25, 0.3) is 5.91 Å². The van der Waals surface area contributed by atoms with Crippen LogP contribution in [0.5, 0.6) is 5.75 Å². The summed E-state index contributed by atoms with van der Waals surface area (Å²) in [6, 6.07) is 32.5. The Morgan fingerprint density at radius 2 is 1.56 bits per heavy atom. The third kappa shape index (κ3) is 5.64. The molecule has 1 aromatic heterocycles. The van der Waals surface area contributed by atoms with Gasteiger partial charge in [0.15, 0.2) is 0 Å². The minimum Gasteiger partial charge on any atom is -0.488 e. The Balaban J connectivity index is 1.34. The van der Waals surface area contributed by atoms with Gasteiger partial charge in [-0.05, 0) is 59.2 Å². The van der Waals surface area contributed by atoms with E-state index in [0.717, 1.165) is 69.5 Å². The van der Waals surface area contributed by atoms with Gasteiger partial charge < -0.3 is 10.1 Å². The van der Waals surface area contributed by atoms with Crippen molar-refractivity contribution in [1.82, 2.24) is 5.32 Å². The molecule has 6 rings (SSSR count). The van der Waals surface area contributed by atoms with Gasteiger partial charge in [-0.1, -0.05) is 91.0 Å². The average Bonchev–Trinajstić information content (AvgIpc) is 3.37. The maximum absolute atomic E-state index is 13.5. The van der Waals surface area contributed by atoms with E-state index in [2.05, 4.69) is 35.6 Å². The van der Waals surface area contributed by atoms with E-state index in [1.165, 1.54) is 10.4 Å². The summed E-state index contributed by atoms with van der Waals surface area (Å²) in [5.41, 5.74) is 5.01. The second-order valence-corrected chi connectivity index (χ2v) is 10.9. The molecule has 0 atom stereocenters. The van der Waals surface area contributed by atoms with Gasteiger partial charge in [-0.25, -0.2) is 4.99 Å². The summed E-state index contributed by atoms with van der Waals surface area (Å²) in [6.07, 6.45) is 6.08. The van der Waals surface area contributed by atoms with Crippen LogP contribution in [0.2, 0.25) is 0 Å². The number of ether oxygens (including phenoxy) is 1. The van der Waals surface area contributed by atoms with E-state index in [0.29, 0.717) is 13.2 Å². The highest BCUT2D eigenvalue weighted by atomic mass is 32.1. The normalized spacial score (nSPS) is 12.9. The molecule has 0 spiro atoms. The maximum Gasteiger partial charge on any atom is 0.254 e. The number of carbonyl (C=O) groups is 1. The monoisotopic (exact) mass is 530 g/mol. The molecule has 0 radical (unpaired) electrons. The highest BCUT2D eigenvalue weighted by molar-refractivity contribution is 7.16. The van der Waals surface area contributed by atoms with Crippen molar-refractivity contribution < 1.29 is 9.53 Å². The zero-order valence-electron chi connectivity index (χ0n) is 21.7. The van der Waals surface area contributed by atoms with Crippen molar-refractivity contribution in [3.8, 4) is 5.75 Å². The number of hydrogen-bond donors (Lipinski definition) is 1. The third-order valence-electron chi connectivity index (χ3n) is 7.15. The fourth-order valence-electron chi connectivity index (χ4n) is 5.14. The summed E-state index contributed by atoms with van der Waals surface area (Å²) < 4.78 is 6.30. The number of rotatable bonds is 8. The molecule has 0 saturated heterocycles. The fraction of sp³-hybridized carbons (Fsp3) is 0.176.